The topological polar surface area (TPSA) is 70.2 Å². The van der Waals surface area contributed by atoms with E-state index in [2.05, 4.69) is 11.8 Å². The molecule has 2 aliphatic heterocycles. The van der Waals surface area contributed by atoms with Crippen molar-refractivity contribution in [3.05, 3.63) is 52.0 Å². The van der Waals surface area contributed by atoms with Crippen LogP contribution in [0.5, 0.6) is 5.75 Å². The number of hydrogen-bond donors (Lipinski definition) is 0. The summed E-state index contributed by atoms with van der Waals surface area (Å²) in [6.45, 7) is 5.25. The fraction of sp³-hybridized carbons (Fsp3) is 0.458. The average Bonchev–Trinajstić information content (AvgIpc) is 2.85. The summed E-state index contributed by atoms with van der Waals surface area (Å²) >= 11 is 12.0. The summed E-state index contributed by atoms with van der Waals surface area (Å²) in [4.78, 5) is 17.0. The minimum Gasteiger partial charge on any atom is -0.495 e. The number of halogens is 2. The fourth-order valence-electron chi connectivity index (χ4n) is 4.55. The lowest BCUT2D eigenvalue weighted by Crippen LogP contribution is -2.49. The van der Waals surface area contributed by atoms with Crippen molar-refractivity contribution in [3.63, 3.8) is 0 Å². The highest BCUT2D eigenvalue weighted by Gasteiger charge is 2.31. The fourth-order valence-corrected chi connectivity index (χ4v) is 6.47. The molecule has 0 unspecified atom stereocenters. The molecule has 34 heavy (non-hydrogen) atoms. The van der Waals surface area contributed by atoms with Crippen molar-refractivity contribution < 1.29 is 17.9 Å². The van der Waals surface area contributed by atoms with Crippen molar-refractivity contribution in [1.29, 1.82) is 0 Å². The average molecular weight is 526 g/mol. The number of nitrogens with zero attached hydrogens (tertiary/aromatic N) is 3. The third kappa shape index (κ3) is 5.15. The summed E-state index contributed by atoms with van der Waals surface area (Å²) in [5.41, 5.74) is 1.21. The highest BCUT2D eigenvalue weighted by molar-refractivity contribution is 7.89. The van der Waals surface area contributed by atoms with Crippen LogP contribution in [0.3, 0.4) is 0 Å². The summed E-state index contributed by atoms with van der Waals surface area (Å²) < 4.78 is 33.7. The van der Waals surface area contributed by atoms with Crippen LogP contribution in [0.1, 0.15) is 30.1 Å². The second kappa shape index (κ2) is 10.3. The van der Waals surface area contributed by atoms with E-state index in [1.807, 2.05) is 0 Å². The lowest BCUT2D eigenvalue weighted by Gasteiger charge is -2.37. The standard InChI is InChI=1S/C24H29Cl2N3O4S/c1-17-4-3-9-29(16-17)34(31,32)19-6-8-23(33-2)22(15-19)27-10-12-28(13-11-27)24(30)18-5-7-20(25)21(26)14-18/h5-8,14-15,17H,3-4,9-13,16H2,1-2H3/t17-/m0/s1. The van der Waals surface area contributed by atoms with Crippen LogP contribution in [-0.4, -0.2) is 69.9 Å². The molecule has 1 amide bonds. The molecular formula is C24H29Cl2N3O4S. The van der Waals surface area contributed by atoms with Gasteiger partial charge in [-0.25, -0.2) is 8.42 Å². The number of hydrogen-bond acceptors (Lipinski definition) is 5. The van der Waals surface area contributed by atoms with E-state index >= 15 is 0 Å². The van der Waals surface area contributed by atoms with E-state index in [0.29, 0.717) is 66.5 Å². The minimum absolute atomic E-state index is 0.110. The Morgan fingerprint density at radius 3 is 2.38 bits per heavy atom. The van der Waals surface area contributed by atoms with Crippen LogP contribution in [0, 0.1) is 5.92 Å². The number of piperazine rings is 1. The summed E-state index contributed by atoms with van der Waals surface area (Å²) in [6, 6.07) is 9.89. The monoisotopic (exact) mass is 525 g/mol. The highest BCUT2D eigenvalue weighted by atomic mass is 35.5. The van der Waals surface area contributed by atoms with E-state index in [1.54, 1.807) is 52.7 Å². The number of benzene rings is 2. The molecule has 4 rings (SSSR count). The zero-order chi connectivity index (χ0) is 24.5. The van der Waals surface area contributed by atoms with Gasteiger partial charge in [-0.3, -0.25) is 4.79 Å². The molecule has 0 aliphatic carbocycles. The van der Waals surface area contributed by atoms with E-state index in [4.69, 9.17) is 27.9 Å². The van der Waals surface area contributed by atoms with Crippen molar-refractivity contribution in [2.75, 3.05) is 51.3 Å². The van der Waals surface area contributed by atoms with E-state index < -0.39 is 10.0 Å². The van der Waals surface area contributed by atoms with Gasteiger partial charge in [0.15, 0.2) is 0 Å². The van der Waals surface area contributed by atoms with Crippen LogP contribution >= 0.6 is 23.2 Å². The first-order valence-corrected chi connectivity index (χ1v) is 13.6. The quantitative estimate of drug-likeness (QED) is 0.579. The van der Waals surface area contributed by atoms with Crippen LogP contribution in [0.2, 0.25) is 10.0 Å². The SMILES string of the molecule is COc1ccc(S(=O)(=O)N2CCC[C@H](C)C2)cc1N1CCN(C(=O)c2ccc(Cl)c(Cl)c2)CC1. The lowest BCUT2D eigenvalue weighted by molar-refractivity contribution is 0.0746. The molecule has 0 radical (unpaired) electrons. The Morgan fingerprint density at radius 2 is 1.74 bits per heavy atom. The number of anilines is 1. The Morgan fingerprint density at radius 1 is 1.00 bits per heavy atom. The first-order chi connectivity index (χ1) is 16.2. The van der Waals surface area contributed by atoms with Gasteiger partial charge in [-0.2, -0.15) is 4.31 Å². The van der Waals surface area contributed by atoms with Crippen LogP contribution in [0.15, 0.2) is 41.3 Å². The Hall–Kier alpha value is -2.00. The third-order valence-corrected chi connectivity index (χ3v) is 9.08. The lowest BCUT2D eigenvalue weighted by atomic mass is 10.0. The van der Waals surface area contributed by atoms with Gasteiger partial charge in [0.25, 0.3) is 5.91 Å². The molecule has 0 N–H and O–H groups in total. The molecule has 2 saturated heterocycles. The number of carbonyl (C=O) groups is 1. The van der Waals surface area contributed by atoms with Crippen molar-refractivity contribution in [2.45, 2.75) is 24.7 Å². The normalized spacial score (nSPS) is 19.8. The molecule has 7 nitrogen and oxygen atoms in total. The van der Waals surface area contributed by atoms with Gasteiger partial charge in [0.2, 0.25) is 10.0 Å². The molecule has 2 aromatic rings. The molecule has 2 aromatic carbocycles. The van der Waals surface area contributed by atoms with E-state index in [-0.39, 0.29) is 10.8 Å². The first kappa shape index (κ1) is 25.1. The first-order valence-electron chi connectivity index (χ1n) is 11.4. The zero-order valence-electron chi connectivity index (χ0n) is 19.3. The number of rotatable bonds is 5. The number of carbonyl (C=O) groups excluding carboxylic acids is 1. The number of piperidine rings is 1. The second-order valence-electron chi connectivity index (χ2n) is 8.85. The van der Waals surface area contributed by atoms with Gasteiger partial charge in [0, 0.05) is 44.8 Å². The second-order valence-corrected chi connectivity index (χ2v) is 11.6. The maximum absolute atomic E-state index is 13.3. The molecule has 2 fully saturated rings. The maximum atomic E-state index is 13.3. The van der Waals surface area contributed by atoms with Crippen LogP contribution < -0.4 is 9.64 Å². The molecule has 0 spiro atoms. The van der Waals surface area contributed by atoms with Crippen molar-refractivity contribution >= 4 is 44.8 Å². The minimum atomic E-state index is -3.59. The van der Waals surface area contributed by atoms with E-state index in [1.165, 1.54) is 0 Å². The number of methoxy groups -OCH3 is 1. The Labute approximate surface area is 211 Å². The molecule has 0 aromatic heterocycles. The van der Waals surface area contributed by atoms with Crippen LogP contribution in [0.25, 0.3) is 0 Å². The highest BCUT2D eigenvalue weighted by Crippen LogP contribution is 2.34. The number of sulfonamides is 1. The largest absolute Gasteiger partial charge is 0.495 e. The third-order valence-electron chi connectivity index (χ3n) is 6.48. The van der Waals surface area contributed by atoms with Gasteiger partial charge >= 0.3 is 0 Å². The molecule has 0 bridgehead atoms. The summed E-state index contributed by atoms with van der Waals surface area (Å²) in [5.74, 6) is 0.846. The number of ether oxygens (including phenoxy) is 1. The Balaban J connectivity index is 1.51. The van der Waals surface area contributed by atoms with Gasteiger partial charge in [-0.05, 0) is 55.2 Å². The van der Waals surface area contributed by atoms with Crippen molar-refractivity contribution in [1.82, 2.24) is 9.21 Å². The molecule has 184 valence electrons. The van der Waals surface area contributed by atoms with Crippen molar-refractivity contribution in [3.8, 4) is 5.75 Å². The summed E-state index contributed by atoms with van der Waals surface area (Å²) in [7, 11) is -2.01. The molecule has 0 saturated carbocycles. The molecular weight excluding hydrogens is 497 g/mol. The molecule has 1 atom stereocenters. The van der Waals surface area contributed by atoms with Gasteiger partial charge in [0.05, 0.1) is 27.7 Å². The van der Waals surface area contributed by atoms with Gasteiger partial charge in [-0.1, -0.05) is 30.1 Å². The maximum Gasteiger partial charge on any atom is 0.254 e. The molecule has 10 heteroatoms. The number of amides is 1. The van der Waals surface area contributed by atoms with Gasteiger partial charge in [-0.15, -0.1) is 0 Å². The van der Waals surface area contributed by atoms with Gasteiger partial charge in [0.1, 0.15) is 5.75 Å². The van der Waals surface area contributed by atoms with Crippen LogP contribution in [0.4, 0.5) is 5.69 Å². The molecule has 2 heterocycles. The van der Waals surface area contributed by atoms with E-state index in [9.17, 15) is 13.2 Å². The zero-order valence-corrected chi connectivity index (χ0v) is 21.7. The Bertz CT molecular complexity index is 1170. The predicted octanol–water partition coefficient (Wildman–Crippen LogP) is 4.39. The summed E-state index contributed by atoms with van der Waals surface area (Å²) in [6.07, 6.45) is 1.92. The molecule has 2 aliphatic rings. The Kier molecular flexibility index (Phi) is 7.62. The van der Waals surface area contributed by atoms with Crippen LogP contribution in [-0.2, 0) is 10.0 Å². The van der Waals surface area contributed by atoms with E-state index in [0.717, 1.165) is 18.5 Å². The predicted molar refractivity (Wildman–Crippen MR) is 135 cm³/mol. The summed E-state index contributed by atoms with van der Waals surface area (Å²) in [5, 5.41) is 0.751. The smallest absolute Gasteiger partial charge is 0.254 e. The van der Waals surface area contributed by atoms with Gasteiger partial charge < -0.3 is 14.5 Å². The van der Waals surface area contributed by atoms with Crippen molar-refractivity contribution in [2.24, 2.45) is 5.92 Å².